The number of rotatable bonds is 8. The zero-order chi connectivity index (χ0) is 19.8. The van der Waals surface area contributed by atoms with Crippen LogP contribution in [0.4, 0.5) is 5.69 Å². The highest BCUT2D eigenvalue weighted by atomic mass is 127. The molecule has 2 aromatic rings. The SMILES string of the molecule is CCNC(=NCC1CCN(c2cccc(Br)c2)C1)NCCn1cnnc1CC.I. The predicted molar refractivity (Wildman–Crippen MR) is 133 cm³/mol. The maximum atomic E-state index is 4.82. The average molecular weight is 576 g/mol. The zero-order valence-corrected chi connectivity index (χ0v) is 21.1. The third kappa shape index (κ3) is 7.13. The molecule has 0 aliphatic carbocycles. The van der Waals surface area contributed by atoms with E-state index in [1.54, 1.807) is 6.33 Å². The fourth-order valence-corrected chi connectivity index (χ4v) is 3.87. The summed E-state index contributed by atoms with van der Waals surface area (Å²) in [6.45, 7) is 9.66. The Hall–Kier alpha value is -1.36. The first-order chi connectivity index (χ1) is 13.7. The summed E-state index contributed by atoms with van der Waals surface area (Å²) >= 11 is 3.56. The van der Waals surface area contributed by atoms with Gasteiger partial charge in [0, 0.05) is 55.8 Å². The lowest BCUT2D eigenvalue weighted by atomic mass is 10.1. The minimum atomic E-state index is 0. The number of aliphatic imine (C=N–C) groups is 1. The van der Waals surface area contributed by atoms with E-state index in [9.17, 15) is 0 Å². The second-order valence-electron chi connectivity index (χ2n) is 7.02. The lowest BCUT2D eigenvalue weighted by Crippen LogP contribution is -2.39. The molecule has 0 spiro atoms. The Balaban J connectivity index is 0.00000300. The molecule has 1 aliphatic heterocycles. The summed E-state index contributed by atoms with van der Waals surface area (Å²) in [6, 6.07) is 8.53. The number of nitrogens with one attached hydrogen (secondary N) is 2. The second kappa shape index (κ2) is 12.4. The number of aryl methyl sites for hydroxylation is 1. The molecule has 29 heavy (non-hydrogen) atoms. The van der Waals surface area contributed by atoms with Crippen LogP contribution in [0.15, 0.2) is 40.1 Å². The first-order valence-corrected chi connectivity index (χ1v) is 10.9. The molecule has 3 rings (SSSR count). The van der Waals surface area contributed by atoms with Crippen LogP contribution in [-0.4, -0.2) is 53.4 Å². The van der Waals surface area contributed by atoms with Gasteiger partial charge >= 0.3 is 0 Å². The number of hydrogen-bond acceptors (Lipinski definition) is 4. The molecule has 1 aliphatic rings. The lowest BCUT2D eigenvalue weighted by Gasteiger charge is -2.19. The smallest absolute Gasteiger partial charge is 0.191 e. The molecule has 0 saturated carbocycles. The van der Waals surface area contributed by atoms with Crippen molar-refractivity contribution in [2.75, 3.05) is 37.6 Å². The number of halogens is 2. The summed E-state index contributed by atoms with van der Waals surface area (Å²) in [5.74, 6) is 2.48. The van der Waals surface area contributed by atoms with Crippen LogP contribution < -0.4 is 15.5 Å². The molecule has 0 radical (unpaired) electrons. The van der Waals surface area contributed by atoms with Gasteiger partial charge in [-0.15, -0.1) is 34.2 Å². The topological polar surface area (TPSA) is 70.4 Å². The Morgan fingerprint density at radius 2 is 2.17 bits per heavy atom. The molecule has 2 heterocycles. The van der Waals surface area contributed by atoms with Crippen molar-refractivity contribution >= 4 is 51.6 Å². The van der Waals surface area contributed by atoms with Crippen molar-refractivity contribution in [3.8, 4) is 0 Å². The number of guanidine groups is 1. The molecule has 2 N–H and O–H groups in total. The molecule has 160 valence electrons. The molecule has 1 aromatic heterocycles. The van der Waals surface area contributed by atoms with Crippen LogP contribution in [0.2, 0.25) is 0 Å². The van der Waals surface area contributed by atoms with E-state index in [-0.39, 0.29) is 24.0 Å². The van der Waals surface area contributed by atoms with Crippen LogP contribution >= 0.6 is 39.9 Å². The monoisotopic (exact) mass is 575 g/mol. The molecule has 0 amide bonds. The van der Waals surface area contributed by atoms with Crippen molar-refractivity contribution < 1.29 is 0 Å². The van der Waals surface area contributed by atoms with Crippen LogP contribution in [0.1, 0.15) is 26.1 Å². The number of hydrogen-bond donors (Lipinski definition) is 2. The predicted octanol–water partition coefficient (Wildman–Crippen LogP) is 3.30. The van der Waals surface area contributed by atoms with Crippen LogP contribution in [0.5, 0.6) is 0 Å². The van der Waals surface area contributed by atoms with Gasteiger partial charge in [0.1, 0.15) is 12.2 Å². The molecule has 1 fully saturated rings. The molecule has 0 bridgehead atoms. The summed E-state index contributed by atoms with van der Waals surface area (Å²) in [5, 5.41) is 14.9. The molecule has 1 unspecified atom stereocenters. The van der Waals surface area contributed by atoms with E-state index in [1.165, 1.54) is 12.1 Å². The Morgan fingerprint density at radius 1 is 1.31 bits per heavy atom. The van der Waals surface area contributed by atoms with Gasteiger partial charge in [0.05, 0.1) is 0 Å². The molecular formula is C20H31BrIN7. The van der Waals surface area contributed by atoms with Crippen molar-refractivity contribution in [3.63, 3.8) is 0 Å². The molecule has 9 heteroatoms. The highest BCUT2D eigenvalue weighted by Gasteiger charge is 2.22. The van der Waals surface area contributed by atoms with Crippen molar-refractivity contribution in [3.05, 3.63) is 40.9 Å². The number of nitrogens with zero attached hydrogens (tertiary/aromatic N) is 5. The van der Waals surface area contributed by atoms with Gasteiger partial charge in [0.25, 0.3) is 0 Å². The Labute approximate surface area is 198 Å². The molecule has 1 saturated heterocycles. The van der Waals surface area contributed by atoms with Crippen LogP contribution in [0.25, 0.3) is 0 Å². The highest BCUT2D eigenvalue weighted by Crippen LogP contribution is 2.26. The average Bonchev–Trinajstić information content (AvgIpc) is 3.35. The zero-order valence-electron chi connectivity index (χ0n) is 17.1. The number of anilines is 1. The third-order valence-corrected chi connectivity index (χ3v) is 5.46. The Morgan fingerprint density at radius 3 is 2.93 bits per heavy atom. The first-order valence-electron chi connectivity index (χ1n) is 10.1. The van der Waals surface area contributed by atoms with Gasteiger partial charge in [0.2, 0.25) is 0 Å². The van der Waals surface area contributed by atoms with E-state index in [0.29, 0.717) is 5.92 Å². The van der Waals surface area contributed by atoms with Crippen LogP contribution in [0.3, 0.4) is 0 Å². The van der Waals surface area contributed by atoms with Gasteiger partial charge in [-0.3, -0.25) is 4.99 Å². The van der Waals surface area contributed by atoms with Crippen molar-refractivity contribution in [2.24, 2.45) is 10.9 Å². The fourth-order valence-electron chi connectivity index (χ4n) is 3.49. The maximum absolute atomic E-state index is 4.82. The van der Waals surface area contributed by atoms with Gasteiger partial charge in [-0.1, -0.05) is 28.9 Å². The standard InChI is InChI=1S/C20H30BrN7.HI/c1-3-19-26-25-15-28(19)11-9-23-20(22-4-2)24-13-16-8-10-27(14-16)18-7-5-6-17(21)12-18;/h5-7,12,15-16H,3-4,8-11,13-14H2,1-2H3,(H2,22,23,24);1H. The third-order valence-electron chi connectivity index (χ3n) is 4.97. The van der Waals surface area contributed by atoms with E-state index in [1.807, 2.05) is 0 Å². The van der Waals surface area contributed by atoms with E-state index in [4.69, 9.17) is 4.99 Å². The van der Waals surface area contributed by atoms with E-state index in [0.717, 1.165) is 61.9 Å². The van der Waals surface area contributed by atoms with Gasteiger partial charge in [-0.25, -0.2) is 0 Å². The number of aromatic nitrogens is 3. The normalized spacial score (nSPS) is 16.6. The van der Waals surface area contributed by atoms with Crippen molar-refractivity contribution in [1.29, 1.82) is 0 Å². The summed E-state index contributed by atoms with van der Waals surface area (Å²) in [5.41, 5.74) is 1.28. The summed E-state index contributed by atoms with van der Waals surface area (Å²) in [6.07, 6.45) is 3.86. The first kappa shape index (κ1) is 23.9. The maximum Gasteiger partial charge on any atom is 0.191 e. The van der Waals surface area contributed by atoms with Gasteiger partial charge < -0.3 is 20.1 Å². The van der Waals surface area contributed by atoms with Gasteiger partial charge in [-0.05, 0) is 37.5 Å². The largest absolute Gasteiger partial charge is 0.371 e. The second-order valence-corrected chi connectivity index (χ2v) is 7.94. The fraction of sp³-hybridized carbons (Fsp3) is 0.550. The quantitative estimate of drug-likeness (QED) is 0.287. The van der Waals surface area contributed by atoms with Crippen LogP contribution in [0, 0.1) is 5.92 Å². The summed E-state index contributed by atoms with van der Waals surface area (Å²) < 4.78 is 3.22. The number of benzene rings is 1. The van der Waals surface area contributed by atoms with Crippen molar-refractivity contribution in [1.82, 2.24) is 25.4 Å². The molecule has 7 nitrogen and oxygen atoms in total. The minimum Gasteiger partial charge on any atom is -0.371 e. The van der Waals surface area contributed by atoms with E-state index < -0.39 is 0 Å². The molecular weight excluding hydrogens is 545 g/mol. The molecule has 1 aromatic carbocycles. The van der Waals surface area contributed by atoms with E-state index >= 15 is 0 Å². The van der Waals surface area contributed by atoms with Crippen molar-refractivity contribution in [2.45, 2.75) is 33.2 Å². The van der Waals surface area contributed by atoms with Crippen LogP contribution in [-0.2, 0) is 13.0 Å². The Bertz CT molecular complexity index is 780. The summed E-state index contributed by atoms with van der Waals surface area (Å²) in [7, 11) is 0. The van der Waals surface area contributed by atoms with E-state index in [2.05, 4.69) is 84.3 Å². The Kier molecular flexibility index (Phi) is 10.2. The van der Waals surface area contributed by atoms with Gasteiger partial charge in [0.15, 0.2) is 5.96 Å². The van der Waals surface area contributed by atoms with Gasteiger partial charge in [-0.2, -0.15) is 0 Å². The highest BCUT2D eigenvalue weighted by molar-refractivity contribution is 14.0. The lowest BCUT2D eigenvalue weighted by molar-refractivity contribution is 0.594. The molecule has 1 atom stereocenters. The minimum absolute atomic E-state index is 0. The summed E-state index contributed by atoms with van der Waals surface area (Å²) in [4.78, 5) is 7.27.